The number of likely N-dealkylation sites (N-methyl/N-ethyl adjacent to an activating group) is 1. The number of nitrogens with zero attached hydrogens (tertiary/aromatic N) is 1. The highest BCUT2D eigenvalue weighted by Gasteiger charge is 2.36. The van der Waals surface area contributed by atoms with E-state index in [-0.39, 0.29) is 5.41 Å². The molecule has 1 aliphatic carbocycles. The van der Waals surface area contributed by atoms with Crippen LogP contribution >= 0.6 is 15.9 Å². The molecule has 0 unspecified atom stereocenters. The Kier molecular flexibility index (Phi) is 5.04. The molecule has 0 radical (unpaired) electrons. The van der Waals surface area contributed by atoms with Gasteiger partial charge in [-0.15, -0.1) is 0 Å². The molecule has 0 saturated heterocycles. The zero-order valence-electron chi connectivity index (χ0n) is 12.0. The third-order valence-electron chi connectivity index (χ3n) is 4.43. The third kappa shape index (κ3) is 3.80. The van der Waals surface area contributed by atoms with E-state index in [1.807, 2.05) is 0 Å². The maximum Gasteiger partial charge on any atom is 0.0499 e. The van der Waals surface area contributed by atoms with Crippen LogP contribution in [-0.2, 0) is 6.42 Å². The fourth-order valence-corrected chi connectivity index (χ4v) is 3.32. The lowest BCUT2D eigenvalue weighted by atomic mass is 9.69. The van der Waals surface area contributed by atoms with Crippen molar-refractivity contribution in [2.45, 2.75) is 32.6 Å². The van der Waals surface area contributed by atoms with Crippen LogP contribution in [0, 0.1) is 12.3 Å². The highest BCUT2D eigenvalue weighted by atomic mass is 79.9. The number of benzene rings is 1. The maximum absolute atomic E-state index is 9.52. The van der Waals surface area contributed by atoms with Gasteiger partial charge in [-0.25, -0.2) is 0 Å². The number of hydrogen-bond acceptors (Lipinski definition) is 2. The van der Waals surface area contributed by atoms with Gasteiger partial charge in [0.1, 0.15) is 0 Å². The number of halogens is 1. The molecule has 1 aromatic rings. The van der Waals surface area contributed by atoms with Crippen molar-refractivity contribution in [1.29, 1.82) is 0 Å². The van der Waals surface area contributed by atoms with Crippen LogP contribution in [0.3, 0.4) is 0 Å². The van der Waals surface area contributed by atoms with Crippen LogP contribution < -0.4 is 0 Å². The smallest absolute Gasteiger partial charge is 0.0499 e. The molecule has 0 heterocycles. The van der Waals surface area contributed by atoms with Crippen molar-refractivity contribution >= 4 is 15.9 Å². The highest BCUT2D eigenvalue weighted by molar-refractivity contribution is 9.10. The molecule has 106 valence electrons. The minimum absolute atomic E-state index is 0.196. The van der Waals surface area contributed by atoms with Crippen LogP contribution in [0.5, 0.6) is 0 Å². The summed E-state index contributed by atoms with van der Waals surface area (Å²) in [5.41, 5.74) is 2.96. The molecule has 1 N–H and O–H groups in total. The van der Waals surface area contributed by atoms with Gasteiger partial charge in [0.15, 0.2) is 0 Å². The van der Waals surface area contributed by atoms with Crippen molar-refractivity contribution in [2.75, 3.05) is 26.7 Å². The monoisotopic (exact) mass is 325 g/mol. The van der Waals surface area contributed by atoms with Gasteiger partial charge in [0.25, 0.3) is 0 Å². The van der Waals surface area contributed by atoms with Crippen LogP contribution in [0.25, 0.3) is 0 Å². The standard InChI is InChI=1S/C16H24BrNO/c1-13-4-5-15(17)10-14(13)6-9-18(2)11-16(12-19)7-3-8-16/h4-5,10,19H,3,6-9,11-12H2,1-2H3. The number of aryl methyl sites for hydroxylation is 1. The minimum atomic E-state index is 0.196. The van der Waals surface area contributed by atoms with Crippen molar-refractivity contribution in [3.05, 3.63) is 33.8 Å². The van der Waals surface area contributed by atoms with Crippen LogP contribution in [0.15, 0.2) is 22.7 Å². The first-order valence-corrected chi connectivity index (χ1v) is 7.88. The summed E-state index contributed by atoms with van der Waals surface area (Å²) in [6.45, 7) is 4.59. The van der Waals surface area contributed by atoms with E-state index in [2.05, 4.69) is 53.0 Å². The molecule has 3 heteroatoms. The molecule has 0 aliphatic heterocycles. The number of hydrogen-bond donors (Lipinski definition) is 1. The average Bonchev–Trinajstić information content (AvgIpc) is 2.35. The van der Waals surface area contributed by atoms with Crippen LogP contribution in [-0.4, -0.2) is 36.8 Å². The Labute approximate surface area is 124 Å². The topological polar surface area (TPSA) is 23.5 Å². The number of aliphatic hydroxyl groups excluding tert-OH is 1. The molecular weight excluding hydrogens is 302 g/mol. The van der Waals surface area contributed by atoms with Crippen molar-refractivity contribution in [3.8, 4) is 0 Å². The Morgan fingerprint density at radius 1 is 1.37 bits per heavy atom. The quantitative estimate of drug-likeness (QED) is 0.866. The third-order valence-corrected chi connectivity index (χ3v) is 4.92. The van der Waals surface area contributed by atoms with Gasteiger partial charge in [-0.1, -0.05) is 28.4 Å². The van der Waals surface area contributed by atoms with Gasteiger partial charge in [-0.2, -0.15) is 0 Å². The zero-order chi connectivity index (χ0) is 13.9. The maximum atomic E-state index is 9.52. The predicted octanol–water partition coefficient (Wildman–Crippen LogP) is 3.39. The average molecular weight is 326 g/mol. The largest absolute Gasteiger partial charge is 0.396 e. The normalized spacial score (nSPS) is 17.5. The molecular formula is C16H24BrNO. The molecule has 0 bridgehead atoms. The first kappa shape index (κ1) is 15.0. The molecule has 0 aromatic heterocycles. The molecule has 0 amide bonds. The minimum Gasteiger partial charge on any atom is -0.396 e. The summed E-state index contributed by atoms with van der Waals surface area (Å²) in [7, 11) is 2.17. The Hall–Kier alpha value is -0.380. The van der Waals surface area contributed by atoms with E-state index < -0.39 is 0 Å². The van der Waals surface area contributed by atoms with E-state index in [0.717, 1.165) is 24.0 Å². The van der Waals surface area contributed by atoms with Gasteiger partial charge >= 0.3 is 0 Å². The fraction of sp³-hybridized carbons (Fsp3) is 0.625. The van der Waals surface area contributed by atoms with Crippen molar-refractivity contribution < 1.29 is 5.11 Å². The Bertz CT molecular complexity index is 423. The molecule has 2 rings (SSSR count). The van der Waals surface area contributed by atoms with E-state index in [4.69, 9.17) is 0 Å². The molecule has 1 saturated carbocycles. The second-order valence-corrected chi connectivity index (χ2v) is 6.99. The second-order valence-electron chi connectivity index (χ2n) is 6.07. The van der Waals surface area contributed by atoms with E-state index in [9.17, 15) is 5.11 Å². The Balaban J connectivity index is 1.86. The lowest BCUT2D eigenvalue weighted by Gasteiger charge is -2.43. The summed E-state index contributed by atoms with van der Waals surface area (Å²) in [6, 6.07) is 6.48. The SMILES string of the molecule is Cc1ccc(Br)cc1CCN(C)CC1(CO)CCC1. The zero-order valence-corrected chi connectivity index (χ0v) is 13.5. The predicted molar refractivity (Wildman–Crippen MR) is 83.4 cm³/mol. The molecule has 1 aliphatic rings. The lowest BCUT2D eigenvalue weighted by Crippen LogP contribution is -2.44. The second kappa shape index (κ2) is 6.38. The van der Waals surface area contributed by atoms with Crippen molar-refractivity contribution in [2.24, 2.45) is 5.41 Å². The summed E-state index contributed by atoms with van der Waals surface area (Å²) in [5.74, 6) is 0. The van der Waals surface area contributed by atoms with Crippen LogP contribution in [0.1, 0.15) is 30.4 Å². The van der Waals surface area contributed by atoms with E-state index in [0.29, 0.717) is 6.61 Å². The lowest BCUT2D eigenvalue weighted by molar-refractivity contribution is 0.0149. The molecule has 1 fully saturated rings. The summed E-state index contributed by atoms with van der Waals surface area (Å²) in [6.07, 6.45) is 4.72. The van der Waals surface area contributed by atoms with Gasteiger partial charge < -0.3 is 10.0 Å². The Morgan fingerprint density at radius 3 is 2.68 bits per heavy atom. The van der Waals surface area contributed by atoms with E-state index >= 15 is 0 Å². The summed E-state index contributed by atoms with van der Waals surface area (Å²) in [5, 5.41) is 9.52. The van der Waals surface area contributed by atoms with Gasteiger partial charge in [-0.05, 0) is 56.5 Å². The van der Waals surface area contributed by atoms with Crippen LogP contribution in [0.4, 0.5) is 0 Å². The first-order valence-electron chi connectivity index (χ1n) is 7.09. The summed E-state index contributed by atoms with van der Waals surface area (Å²) in [4.78, 5) is 2.37. The van der Waals surface area contributed by atoms with Gasteiger partial charge in [-0.3, -0.25) is 0 Å². The number of aliphatic hydroxyl groups is 1. The van der Waals surface area contributed by atoms with Crippen LogP contribution in [0.2, 0.25) is 0 Å². The van der Waals surface area contributed by atoms with Gasteiger partial charge in [0.05, 0.1) is 0 Å². The van der Waals surface area contributed by atoms with Gasteiger partial charge in [0, 0.05) is 29.6 Å². The molecule has 2 nitrogen and oxygen atoms in total. The van der Waals surface area contributed by atoms with E-state index in [1.165, 1.54) is 30.4 Å². The summed E-state index contributed by atoms with van der Waals surface area (Å²) < 4.78 is 1.15. The molecule has 19 heavy (non-hydrogen) atoms. The summed E-state index contributed by atoms with van der Waals surface area (Å²) >= 11 is 3.54. The van der Waals surface area contributed by atoms with Crippen molar-refractivity contribution in [1.82, 2.24) is 4.90 Å². The fourth-order valence-electron chi connectivity index (χ4n) is 2.92. The molecule has 0 atom stereocenters. The first-order chi connectivity index (χ1) is 9.04. The van der Waals surface area contributed by atoms with Crippen molar-refractivity contribution in [3.63, 3.8) is 0 Å². The highest BCUT2D eigenvalue weighted by Crippen LogP contribution is 2.40. The molecule has 1 aromatic carbocycles. The molecule has 0 spiro atoms. The number of rotatable bonds is 6. The van der Waals surface area contributed by atoms with Gasteiger partial charge in [0.2, 0.25) is 0 Å². The Morgan fingerprint density at radius 2 is 2.11 bits per heavy atom. The van der Waals surface area contributed by atoms with E-state index in [1.54, 1.807) is 0 Å².